The van der Waals surface area contributed by atoms with Gasteiger partial charge in [-0.2, -0.15) is 5.10 Å². The van der Waals surface area contributed by atoms with Crippen molar-refractivity contribution < 1.29 is 14.3 Å². The van der Waals surface area contributed by atoms with Crippen LogP contribution in [0.3, 0.4) is 0 Å². The summed E-state index contributed by atoms with van der Waals surface area (Å²) in [6, 6.07) is 15.7. The Morgan fingerprint density at radius 2 is 1.77 bits per heavy atom. The number of nitrogens with zero attached hydrogens (tertiary/aromatic N) is 3. The molecule has 0 fully saturated rings. The molecule has 1 unspecified atom stereocenters. The molecule has 2 aromatic heterocycles. The van der Waals surface area contributed by atoms with Crippen molar-refractivity contribution in [3.05, 3.63) is 87.8 Å². The summed E-state index contributed by atoms with van der Waals surface area (Å²) < 4.78 is 8.20. The lowest BCUT2D eigenvalue weighted by atomic mass is 10.0. The van der Waals surface area contributed by atoms with E-state index in [1.165, 1.54) is 10.9 Å². The molecule has 0 radical (unpaired) electrons. The van der Waals surface area contributed by atoms with Crippen LogP contribution < -0.4 is 10.9 Å². The fourth-order valence-corrected chi connectivity index (χ4v) is 4.33. The number of carbonyl (C=O) groups is 2. The van der Waals surface area contributed by atoms with Crippen LogP contribution in [0.4, 0.5) is 5.82 Å². The van der Waals surface area contributed by atoms with Crippen molar-refractivity contribution in [3.8, 4) is 5.69 Å². The number of para-hydroxylation sites is 2. The normalized spacial score (nSPS) is 11.9. The zero-order chi connectivity index (χ0) is 25.1. The number of ether oxygens (including phenoxy) is 1. The highest BCUT2D eigenvalue weighted by Crippen LogP contribution is 2.27. The minimum Gasteiger partial charge on any atom is -0.462 e. The SMILES string of the molecule is CCOC(=O)c1cnn(-c2ccccc2)c1NC(=O)C(CC)n1c(=O)cc(C)c2cccc(C)c21. The van der Waals surface area contributed by atoms with Crippen LogP contribution in [0.15, 0.2) is 65.6 Å². The second-order valence-corrected chi connectivity index (χ2v) is 8.29. The number of nitrogens with one attached hydrogen (secondary N) is 1. The molecular formula is C27H28N4O4. The molecule has 0 bridgehead atoms. The van der Waals surface area contributed by atoms with Crippen LogP contribution in [0.1, 0.15) is 47.8 Å². The number of esters is 1. The summed E-state index contributed by atoms with van der Waals surface area (Å²) in [5, 5.41) is 8.11. The molecule has 0 aliphatic rings. The van der Waals surface area contributed by atoms with Gasteiger partial charge in [-0.25, -0.2) is 9.48 Å². The van der Waals surface area contributed by atoms with Gasteiger partial charge in [-0.15, -0.1) is 0 Å². The molecule has 1 N–H and O–H groups in total. The smallest absolute Gasteiger partial charge is 0.343 e. The van der Waals surface area contributed by atoms with Gasteiger partial charge < -0.3 is 10.1 Å². The molecule has 1 atom stereocenters. The standard InChI is InChI=1S/C27H28N4O4/c1-5-22(30-23(32)15-18(4)20-14-10-11-17(3)24(20)30)26(33)29-25-21(27(34)35-6-2)16-28-31(25)19-12-8-7-9-13-19/h7-16,22H,5-6H2,1-4H3,(H,29,33). The number of fused-ring (bicyclic) bond motifs is 1. The molecule has 0 aliphatic heterocycles. The summed E-state index contributed by atoms with van der Waals surface area (Å²) in [7, 11) is 0. The first-order valence-corrected chi connectivity index (χ1v) is 11.6. The predicted octanol–water partition coefficient (Wildman–Crippen LogP) is 4.57. The molecule has 0 saturated heterocycles. The van der Waals surface area contributed by atoms with Crippen LogP contribution in [-0.2, 0) is 9.53 Å². The van der Waals surface area contributed by atoms with E-state index in [0.29, 0.717) is 12.1 Å². The van der Waals surface area contributed by atoms with Crippen LogP contribution in [0.5, 0.6) is 0 Å². The van der Waals surface area contributed by atoms with E-state index in [2.05, 4.69) is 10.4 Å². The van der Waals surface area contributed by atoms with Gasteiger partial charge >= 0.3 is 5.97 Å². The average molecular weight is 473 g/mol. The number of amides is 1. The van der Waals surface area contributed by atoms with Gasteiger partial charge in [-0.05, 0) is 50.5 Å². The number of aromatic nitrogens is 3. The molecule has 8 heteroatoms. The molecule has 4 aromatic rings. The van der Waals surface area contributed by atoms with Crippen molar-refractivity contribution in [1.29, 1.82) is 0 Å². The molecule has 0 aliphatic carbocycles. The highest BCUT2D eigenvalue weighted by molar-refractivity contribution is 6.02. The van der Waals surface area contributed by atoms with Crippen molar-refractivity contribution in [2.24, 2.45) is 0 Å². The quantitative estimate of drug-likeness (QED) is 0.398. The van der Waals surface area contributed by atoms with Gasteiger partial charge in [0.05, 0.1) is 24.0 Å². The summed E-state index contributed by atoms with van der Waals surface area (Å²) >= 11 is 0. The Kier molecular flexibility index (Phi) is 6.82. The van der Waals surface area contributed by atoms with E-state index in [9.17, 15) is 14.4 Å². The topological polar surface area (TPSA) is 95.2 Å². The largest absolute Gasteiger partial charge is 0.462 e. The zero-order valence-corrected chi connectivity index (χ0v) is 20.2. The molecule has 1 amide bonds. The Bertz CT molecular complexity index is 1450. The number of aryl methyl sites for hydroxylation is 2. The maximum atomic E-state index is 13.7. The van der Waals surface area contributed by atoms with E-state index in [-0.39, 0.29) is 23.5 Å². The van der Waals surface area contributed by atoms with E-state index in [1.807, 2.05) is 69.3 Å². The number of rotatable bonds is 7. The van der Waals surface area contributed by atoms with E-state index >= 15 is 0 Å². The number of carbonyl (C=O) groups excluding carboxylic acids is 2. The Hall–Kier alpha value is -4.20. The average Bonchev–Trinajstić information content (AvgIpc) is 3.26. The first-order chi connectivity index (χ1) is 16.9. The number of hydrogen-bond donors (Lipinski definition) is 1. The number of pyridine rings is 1. The van der Waals surface area contributed by atoms with E-state index in [0.717, 1.165) is 22.0 Å². The lowest BCUT2D eigenvalue weighted by Crippen LogP contribution is -2.34. The summed E-state index contributed by atoms with van der Waals surface area (Å²) in [6.45, 7) is 7.55. The molecule has 4 rings (SSSR count). The third-order valence-electron chi connectivity index (χ3n) is 5.99. The van der Waals surface area contributed by atoms with Crippen LogP contribution in [-0.4, -0.2) is 32.8 Å². The van der Waals surface area contributed by atoms with E-state index in [4.69, 9.17) is 4.74 Å². The van der Waals surface area contributed by atoms with Gasteiger partial charge in [0, 0.05) is 11.5 Å². The minimum absolute atomic E-state index is 0.135. The molecule has 8 nitrogen and oxygen atoms in total. The number of anilines is 1. The molecule has 0 saturated carbocycles. The van der Waals surface area contributed by atoms with Crippen LogP contribution >= 0.6 is 0 Å². The van der Waals surface area contributed by atoms with Crippen LogP contribution in [0.2, 0.25) is 0 Å². The Morgan fingerprint density at radius 3 is 2.46 bits per heavy atom. The van der Waals surface area contributed by atoms with Gasteiger partial charge in [0.15, 0.2) is 5.82 Å². The van der Waals surface area contributed by atoms with Crippen molar-refractivity contribution in [2.45, 2.75) is 40.2 Å². The van der Waals surface area contributed by atoms with Gasteiger partial charge in [0.2, 0.25) is 5.91 Å². The Balaban J connectivity index is 1.82. The second-order valence-electron chi connectivity index (χ2n) is 8.29. The number of benzene rings is 2. The minimum atomic E-state index is -0.805. The Morgan fingerprint density at radius 1 is 1.03 bits per heavy atom. The van der Waals surface area contributed by atoms with E-state index < -0.39 is 17.9 Å². The molecule has 2 heterocycles. The first kappa shape index (κ1) is 23.9. The molecule has 180 valence electrons. The van der Waals surface area contributed by atoms with Crippen LogP contribution in [0, 0.1) is 13.8 Å². The van der Waals surface area contributed by atoms with Crippen molar-refractivity contribution in [3.63, 3.8) is 0 Å². The van der Waals surface area contributed by atoms with Crippen molar-refractivity contribution in [1.82, 2.24) is 14.3 Å². The summed E-state index contributed by atoms with van der Waals surface area (Å²) in [4.78, 5) is 39.5. The van der Waals surface area contributed by atoms with E-state index in [1.54, 1.807) is 17.6 Å². The highest BCUT2D eigenvalue weighted by Gasteiger charge is 2.27. The highest BCUT2D eigenvalue weighted by atomic mass is 16.5. The summed E-state index contributed by atoms with van der Waals surface area (Å²) in [6.07, 6.45) is 1.74. The van der Waals surface area contributed by atoms with Crippen molar-refractivity contribution >= 4 is 28.6 Å². The zero-order valence-electron chi connectivity index (χ0n) is 20.2. The van der Waals surface area contributed by atoms with Gasteiger partial charge in [-0.1, -0.05) is 43.3 Å². The van der Waals surface area contributed by atoms with Crippen LogP contribution in [0.25, 0.3) is 16.6 Å². The Labute approximate surface area is 203 Å². The fraction of sp³-hybridized carbons (Fsp3) is 0.259. The third-order valence-corrected chi connectivity index (χ3v) is 5.99. The first-order valence-electron chi connectivity index (χ1n) is 11.6. The second kappa shape index (κ2) is 9.97. The fourth-order valence-electron chi connectivity index (χ4n) is 4.33. The number of hydrogen-bond acceptors (Lipinski definition) is 5. The molecule has 2 aromatic carbocycles. The molecule has 0 spiro atoms. The van der Waals surface area contributed by atoms with Gasteiger partial charge in [-0.3, -0.25) is 14.2 Å². The summed E-state index contributed by atoms with van der Waals surface area (Å²) in [5.41, 5.74) is 3.02. The monoisotopic (exact) mass is 472 g/mol. The lowest BCUT2D eigenvalue weighted by Gasteiger charge is -2.22. The van der Waals surface area contributed by atoms with Crippen molar-refractivity contribution in [2.75, 3.05) is 11.9 Å². The predicted molar refractivity (Wildman–Crippen MR) is 135 cm³/mol. The maximum absolute atomic E-state index is 13.7. The summed E-state index contributed by atoms with van der Waals surface area (Å²) in [5.74, 6) is -0.822. The molecular weight excluding hydrogens is 444 g/mol. The maximum Gasteiger partial charge on any atom is 0.343 e. The molecule has 35 heavy (non-hydrogen) atoms. The lowest BCUT2D eigenvalue weighted by molar-refractivity contribution is -0.119. The van der Waals surface area contributed by atoms with Gasteiger partial charge in [0.25, 0.3) is 5.56 Å². The third kappa shape index (κ3) is 4.47. The van der Waals surface area contributed by atoms with Gasteiger partial charge in [0.1, 0.15) is 11.6 Å².